The Morgan fingerprint density at radius 2 is 2.16 bits per heavy atom. The number of benzene rings is 1. The minimum Gasteiger partial charge on any atom is -0.493 e. The lowest BCUT2D eigenvalue weighted by molar-refractivity contribution is -0.141. The predicted octanol–water partition coefficient (Wildman–Crippen LogP) is 3.07. The Morgan fingerprint density at radius 1 is 1.36 bits per heavy atom. The lowest BCUT2D eigenvalue weighted by Gasteiger charge is -2.18. The van der Waals surface area contributed by atoms with Crippen molar-refractivity contribution in [3.05, 3.63) is 47.5 Å². The predicted molar refractivity (Wildman–Crippen MR) is 79.2 cm³/mol. The zero-order valence-electron chi connectivity index (χ0n) is 13.0. The third kappa shape index (κ3) is 4.09. The number of alkyl halides is 3. The third-order valence-electron chi connectivity index (χ3n) is 3.81. The van der Waals surface area contributed by atoms with Crippen molar-refractivity contribution in [2.45, 2.75) is 31.6 Å². The molecule has 2 heterocycles. The summed E-state index contributed by atoms with van der Waals surface area (Å²) in [4.78, 5) is 12.2. The largest absolute Gasteiger partial charge is 0.493 e. The number of carbonyl (C=O) groups excluding carboxylic acids is 1. The van der Waals surface area contributed by atoms with Gasteiger partial charge in [-0.05, 0) is 37.1 Å². The first-order valence-corrected chi connectivity index (χ1v) is 7.65. The molecule has 5 nitrogen and oxygen atoms in total. The first-order valence-electron chi connectivity index (χ1n) is 7.65. The summed E-state index contributed by atoms with van der Waals surface area (Å²) in [7, 11) is 0. The number of carbonyl (C=O) groups is 1. The zero-order valence-corrected chi connectivity index (χ0v) is 13.0. The highest BCUT2D eigenvalue weighted by Crippen LogP contribution is 2.32. The van der Waals surface area contributed by atoms with Gasteiger partial charge in [-0.15, -0.1) is 0 Å². The zero-order chi connectivity index (χ0) is 18.0. The van der Waals surface area contributed by atoms with E-state index in [4.69, 9.17) is 4.74 Å². The summed E-state index contributed by atoms with van der Waals surface area (Å²) in [5.74, 6) is -0.480. The topological polar surface area (TPSA) is 56.2 Å². The van der Waals surface area contributed by atoms with Gasteiger partial charge >= 0.3 is 6.18 Å². The molecule has 0 aliphatic carbocycles. The fourth-order valence-corrected chi connectivity index (χ4v) is 2.69. The smallest absolute Gasteiger partial charge is 0.435 e. The Morgan fingerprint density at radius 3 is 2.88 bits per heavy atom. The van der Waals surface area contributed by atoms with Crippen LogP contribution in [0.2, 0.25) is 0 Å². The van der Waals surface area contributed by atoms with Crippen LogP contribution in [0.1, 0.15) is 30.1 Å². The van der Waals surface area contributed by atoms with Crippen molar-refractivity contribution >= 4 is 5.91 Å². The van der Waals surface area contributed by atoms with Crippen LogP contribution in [0.4, 0.5) is 17.6 Å². The second kappa shape index (κ2) is 6.73. The number of nitrogens with one attached hydrogen (secondary N) is 1. The molecule has 1 aliphatic heterocycles. The van der Waals surface area contributed by atoms with Gasteiger partial charge in [0.25, 0.3) is 0 Å². The highest BCUT2D eigenvalue weighted by Gasteiger charge is 2.33. The van der Waals surface area contributed by atoms with Crippen molar-refractivity contribution in [3.63, 3.8) is 0 Å². The van der Waals surface area contributed by atoms with E-state index in [0.717, 1.165) is 16.9 Å². The van der Waals surface area contributed by atoms with Gasteiger partial charge in [-0.3, -0.25) is 9.48 Å². The van der Waals surface area contributed by atoms with E-state index in [0.29, 0.717) is 30.8 Å². The molecule has 1 N–H and O–H groups in total. The van der Waals surface area contributed by atoms with E-state index in [1.54, 1.807) is 0 Å². The molecule has 2 aromatic rings. The first kappa shape index (κ1) is 17.2. The molecule has 1 aromatic heterocycles. The lowest BCUT2D eigenvalue weighted by atomic mass is 10.0. The quantitative estimate of drug-likeness (QED) is 0.859. The van der Waals surface area contributed by atoms with Gasteiger partial charge in [-0.25, -0.2) is 4.39 Å². The standard InChI is InChI=1S/C16H15F4N3O2/c17-10-3-4-13-11(8-10)12(2-1-7-25-13)21-15(24)9-23-6-5-14(22-23)16(18,19)20/h3-6,8,12H,1-2,7,9H2,(H,21,24)/t12-/m0/s1. The van der Waals surface area contributed by atoms with Gasteiger partial charge in [0, 0.05) is 11.8 Å². The van der Waals surface area contributed by atoms with Crippen molar-refractivity contribution in [1.29, 1.82) is 0 Å². The minimum atomic E-state index is -4.56. The van der Waals surface area contributed by atoms with Crippen molar-refractivity contribution in [2.24, 2.45) is 0 Å². The molecule has 3 rings (SSSR count). The number of halogens is 4. The number of hydrogen-bond donors (Lipinski definition) is 1. The number of nitrogens with zero attached hydrogens (tertiary/aromatic N) is 2. The molecule has 0 unspecified atom stereocenters. The average Bonchev–Trinajstić information content (AvgIpc) is 2.91. The summed E-state index contributed by atoms with van der Waals surface area (Å²) >= 11 is 0. The Bertz CT molecular complexity index is 773. The highest BCUT2D eigenvalue weighted by molar-refractivity contribution is 5.76. The van der Waals surface area contributed by atoms with Crippen molar-refractivity contribution in [3.8, 4) is 5.75 Å². The molecule has 134 valence electrons. The van der Waals surface area contributed by atoms with Crippen LogP contribution in [-0.4, -0.2) is 22.3 Å². The third-order valence-corrected chi connectivity index (χ3v) is 3.81. The highest BCUT2D eigenvalue weighted by atomic mass is 19.4. The van der Waals surface area contributed by atoms with Crippen LogP contribution < -0.4 is 10.1 Å². The molecular formula is C16H15F4N3O2. The van der Waals surface area contributed by atoms with Crippen LogP contribution in [0.5, 0.6) is 5.75 Å². The van der Waals surface area contributed by atoms with Gasteiger partial charge in [-0.1, -0.05) is 0 Å². The molecule has 0 spiro atoms. The minimum absolute atomic E-state index is 0.363. The van der Waals surface area contributed by atoms with E-state index in [1.807, 2.05) is 0 Å². The van der Waals surface area contributed by atoms with Crippen LogP contribution in [-0.2, 0) is 17.5 Å². The molecule has 0 radical (unpaired) electrons. The molecule has 0 fully saturated rings. The van der Waals surface area contributed by atoms with E-state index in [1.165, 1.54) is 18.2 Å². The maximum absolute atomic E-state index is 13.5. The molecule has 1 amide bonds. The molecule has 0 bridgehead atoms. The summed E-state index contributed by atoms with van der Waals surface area (Å²) in [5, 5.41) is 6.05. The lowest BCUT2D eigenvalue weighted by Crippen LogP contribution is -2.31. The molecule has 25 heavy (non-hydrogen) atoms. The van der Waals surface area contributed by atoms with E-state index >= 15 is 0 Å². The van der Waals surface area contributed by atoms with Crippen LogP contribution in [0.3, 0.4) is 0 Å². The molecule has 9 heteroatoms. The fourth-order valence-electron chi connectivity index (χ4n) is 2.69. The number of hydrogen-bond acceptors (Lipinski definition) is 3. The van der Waals surface area contributed by atoms with Crippen molar-refractivity contribution in [2.75, 3.05) is 6.61 Å². The number of amides is 1. The first-order chi connectivity index (χ1) is 11.8. The second-order valence-electron chi connectivity index (χ2n) is 5.69. The number of fused-ring (bicyclic) bond motifs is 1. The van der Waals surface area contributed by atoms with Gasteiger partial charge in [0.05, 0.1) is 12.6 Å². The van der Waals surface area contributed by atoms with Crippen LogP contribution in [0.15, 0.2) is 30.5 Å². The van der Waals surface area contributed by atoms with Crippen LogP contribution >= 0.6 is 0 Å². The summed E-state index contributed by atoms with van der Waals surface area (Å²) < 4.78 is 57.5. The normalized spacial score (nSPS) is 17.4. The Kier molecular flexibility index (Phi) is 4.65. The van der Waals surface area contributed by atoms with E-state index < -0.39 is 29.6 Å². The summed E-state index contributed by atoms with van der Waals surface area (Å²) in [6.07, 6.45) is -2.28. The van der Waals surface area contributed by atoms with Gasteiger partial charge in [0.2, 0.25) is 5.91 Å². The van der Waals surface area contributed by atoms with E-state index in [9.17, 15) is 22.4 Å². The summed E-state index contributed by atoms with van der Waals surface area (Å²) in [5.41, 5.74) is -0.544. The van der Waals surface area contributed by atoms with Crippen molar-refractivity contribution in [1.82, 2.24) is 15.1 Å². The number of aromatic nitrogens is 2. The van der Waals surface area contributed by atoms with Crippen LogP contribution in [0.25, 0.3) is 0 Å². The van der Waals surface area contributed by atoms with Gasteiger partial charge in [-0.2, -0.15) is 18.3 Å². The van der Waals surface area contributed by atoms with Crippen LogP contribution in [0, 0.1) is 5.82 Å². The van der Waals surface area contributed by atoms with E-state index in [-0.39, 0.29) is 6.54 Å². The number of ether oxygens (including phenoxy) is 1. The Labute approximate surface area is 140 Å². The molecule has 1 atom stereocenters. The molecule has 1 aromatic carbocycles. The molecule has 0 saturated heterocycles. The molecular weight excluding hydrogens is 342 g/mol. The Balaban J connectivity index is 1.71. The number of rotatable bonds is 3. The SMILES string of the molecule is O=C(Cn1ccc(C(F)(F)F)n1)N[C@H]1CCCOc2ccc(F)cc21. The van der Waals surface area contributed by atoms with Gasteiger partial charge in [0.1, 0.15) is 18.1 Å². The Hall–Kier alpha value is -2.58. The summed E-state index contributed by atoms with van der Waals surface area (Å²) in [6.45, 7) is 0.0805. The average molecular weight is 357 g/mol. The molecule has 0 saturated carbocycles. The van der Waals surface area contributed by atoms with Gasteiger partial charge in [0.15, 0.2) is 5.69 Å². The van der Waals surface area contributed by atoms with E-state index in [2.05, 4.69) is 10.4 Å². The maximum atomic E-state index is 13.5. The maximum Gasteiger partial charge on any atom is 0.435 e. The summed E-state index contributed by atoms with van der Waals surface area (Å²) in [6, 6.07) is 4.39. The monoisotopic (exact) mass is 357 g/mol. The fraction of sp³-hybridized carbons (Fsp3) is 0.375. The molecule has 1 aliphatic rings. The second-order valence-corrected chi connectivity index (χ2v) is 5.69. The van der Waals surface area contributed by atoms with Gasteiger partial charge < -0.3 is 10.1 Å². The van der Waals surface area contributed by atoms with Crippen molar-refractivity contribution < 1.29 is 27.1 Å².